The number of hydrogen-bond donors (Lipinski definition) is 1. The second-order valence-corrected chi connectivity index (χ2v) is 6.21. The quantitative estimate of drug-likeness (QED) is 0.875. The summed E-state index contributed by atoms with van der Waals surface area (Å²) in [5.74, 6) is 0. The van der Waals surface area contributed by atoms with Gasteiger partial charge in [0, 0.05) is 5.41 Å². The third-order valence-corrected chi connectivity index (χ3v) is 4.71. The van der Waals surface area contributed by atoms with Crippen molar-refractivity contribution >= 4 is 0 Å². The molecule has 0 radical (unpaired) electrons. The second-order valence-electron chi connectivity index (χ2n) is 6.21. The molecule has 1 heteroatoms. The lowest BCUT2D eigenvalue weighted by Gasteiger charge is -2.22. The molecule has 0 amide bonds. The maximum atomic E-state index is 9.92. The Hall–Kier alpha value is -1.60. The van der Waals surface area contributed by atoms with Crippen LogP contribution >= 0.6 is 0 Å². The van der Waals surface area contributed by atoms with Gasteiger partial charge in [0.1, 0.15) is 0 Å². The van der Waals surface area contributed by atoms with E-state index in [0.717, 1.165) is 6.42 Å². The minimum atomic E-state index is -0.0700. The number of aliphatic hydroxyl groups is 1. The lowest BCUT2D eigenvalue weighted by atomic mass is 9.83. The van der Waals surface area contributed by atoms with Gasteiger partial charge in [0.2, 0.25) is 0 Å². The van der Waals surface area contributed by atoms with Gasteiger partial charge < -0.3 is 5.11 Å². The average molecular weight is 252 g/mol. The Bertz CT molecular complexity index is 586. The van der Waals surface area contributed by atoms with Crippen molar-refractivity contribution in [3.05, 3.63) is 60.2 Å². The zero-order valence-electron chi connectivity index (χ0n) is 11.6. The van der Waals surface area contributed by atoms with Gasteiger partial charge in [0.25, 0.3) is 0 Å². The predicted octanol–water partition coefficient (Wildman–Crippen LogP) is 4.01. The van der Waals surface area contributed by atoms with Crippen LogP contribution in [0.1, 0.15) is 25.8 Å². The molecule has 2 aromatic carbocycles. The van der Waals surface area contributed by atoms with E-state index in [2.05, 4.69) is 62.4 Å². The van der Waals surface area contributed by atoms with E-state index in [4.69, 9.17) is 0 Å². The van der Waals surface area contributed by atoms with E-state index in [0.29, 0.717) is 0 Å². The molecule has 1 N–H and O–H groups in total. The van der Waals surface area contributed by atoms with Crippen molar-refractivity contribution in [3.63, 3.8) is 0 Å². The Kier molecular flexibility index (Phi) is 2.75. The van der Waals surface area contributed by atoms with E-state index in [1.165, 1.54) is 16.7 Å². The first-order chi connectivity index (χ1) is 9.11. The van der Waals surface area contributed by atoms with E-state index in [1.807, 2.05) is 6.07 Å². The molecule has 0 saturated heterocycles. The number of rotatable bonds is 3. The van der Waals surface area contributed by atoms with Gasteiger partial charge in [0.05, 0.1) is 6.61 Å². The summed E-state index contributed by atoms with van der Waals surface area (Å²) in [6, 6.07) is 18.9. The Labute approximate surface area is 114 Å². The molecule has 1 fully saturated rings. The molecule has 19 heavy (non-hydrogen) atoms. The smallest absolute Gasteiger partial charge is 0.0533 e. The molecule has 1 saturated carbocycles. The van der Waals surface area contributed by atoms with Crippen LogP contribution in [0.15, 0.2) is 54.6 Å². The summed E-state index contributed by atoms with van der Waals surface area (Å²) in [5.41, 5.74) is 3.89. The van der Waals surface area contributed by atoms with Gasteiger partial charge >= 0.3 is 0 Å². The van der Waals surface area contributed by atoms with Crippen LogP contribution in [0.25, 0.3) is 11.1 Å². The van der Waals surface area contributed by atoms with Gasteiger partial charge in [0.15, 0.2) is 0 Å². The Morgan fingerprint density at radius 1 is 0.947 bits per heavy atom. The first-order valence-electron chi connectivity index (χ1n) is 6.86. The van der Waals surface area contributed by atoms with Crippen molar-refractivity contribution in [2.24, 2.45) is 5.41 Å². The minimum Gasteiger partial charge on any atom is -0.395 e. The maximum Gasteiger partial charge on any atom is 0.0533 e. The van der Waals surface area contributed by atoms with Gasteiger partial charge in [-0.15, -0.1) is 0 Å². The molecule has 0 aliphatic heterocycles. The average Bonchev–Trinajstić information content (AvgIpc) is 3.03. The first kappa shape index (κ1) is 12.4. The van der Waals surface area contributed by atoms with Crippen molar-refractivity contribution in [3.8, 4) is 11.1 Å². The molecule has 1 nitrogen and oxygen atoms in total. The van der Waals surface area contributed by atoms with Crippen LogP contribution in [-0.4, -0.2) is 11.7 Å². The van der Waals surface area contributed by atoms with Crippen LogP contribution in [0, 0.1) is 5.41 Å². The molecule has 0 heterocycles. The third-order valence-electron chi connectivity index (χ3n) is 4.71. The highest BCUT2D eigenvalue weighted by Gasteiger charge is 2.62. The fourth-order valence-corrected chi connectivity index (χ4v) is 3.29. The predicted molar refractivity (Wildman–Crippen MR) is 79.0 cm³/mol. The number of hydrogen-bond acceptors (Lipinski definition) is 1. The fraction of sp³-hybridized carbons (Fsp3) is 0.333. The van der Waals surface area contributed by atoms with Crippen molar-refractivity contribution in [2.45, 2.75) is 25.7 Å². The summed E-state index contributed by atoms with van der Waals surface area (Å²) in [5, 5.41) is 9.92. The second kappa shape index (κ2) is 4.21. The van der Waals surface area contributed by atoms with Crippen molar-refractivity contribution in [1.29, 1.82) is 0 Å². The van der Waals surface area contributed by atoms with Gasteiger partial charge in [-0.3, -0.25) is 0 Å². The number of aliphatic hydroxyl groups excluding tert-OH is 1. The standard InChI is InChI=1S/C18H20O/c1-17(2)12-18(17,13-19)16-11-7-6-10-15(16)14-8-4-3-5-9-14/h3-11,19H,12-13H2,1-2H3. The molecule has 2 aromatic rings. The molecule has 0 aromatic heterocycles. The topological polar surface area (TPSA) is 20.2 Å². The molecule has 0 bridgehead atoms. The van der Waals surface area contributed by atoms with Gasteiger partial charge in [-0.05, 0) is 28.5 Å². The number of benzene rings is 2. The zero-order valence-corrected chi connectivity index (χ0v) is 11.6. The highest BCUT2D eigenvalue weighted by atomic mass is 16.3. The Balaban J connectivity index is 2.14. The molecule has 98 valence electrons. The molecule has 1 atom stereocenters. The van der Waals surface area contributed by atoms with Gasteiger partial charge in [-0.2, -0.15) is 0 Å². The first-order valence-corrected chi connectivity index (χ1v) is 6.86. The third kappa shape index (κ3) is 1.81. The monoisotopic (exact) mass is 252 g/mol. The molecule has 3 rings (SSSR count). The van der Waals surface area contributed by atoms with Crippen LogP contribution in [0.4, 0.5) is 0 Å². The molecular formula is C18H20O. The largest absolute Gasteiger partial charge is 0.395 e. The summed E-state index contributed by atoms with van der Waals surface area (Å²) in [4.78, 5) is 0. The highest BCUT2D eigenvalue weighted by molar-refractivity contribution is 5.70. The summed E-state index contributed by atoms with van der Waals surface area (Å²) >= 11 is 0. The molecule has 1 aliphatic rings. The lowest BCUT2D eigenvalue weighted by molar-refractivity contribution is 0.231. The Morgan fingerprint density at radius 3 is 2.11 bits per heavy atom. The Morgan fingerprint density at radius 2 is 1.53 bits per heavy atom. The van der Waals surface area contributed by atoms with Crippen LogP contribution in [0.3, 0.4) is 0 Å². The zero-order chi connectivity index (χ0) is 13.5. The summed E-state index contributed by atoms with van der Waals surface area (Å²) in [6.07, 6.45) is 1.06. The normalized spacial score (nSPS) is 24.2. The summed E-state index contributed by atoms with van der Waals surface area (Å²) in [7, 11) is 0. The summed E-state index contributed by atoms with van der Waals surface area (Å²) in [6.45, 7) is 4.71. The van der Waals surface area contributed by atoms with Crippen molar-refractivity contribution in [1.82, 2.24) is 0 Å². The van der Waals surface area contributed by atoms with Crippen LogP contribution in [0.2, 0.25) is 0 Å². The molecule has 0 spiro atoms. The van der Waals surface area contributed by atoms with Crippen LogP contribution < -0.4 is 0 Å². The van der Waals surface area contributed by atoms with E-state index in [9.17, 15) is 5.11 Å². The van der Waals surface area contributed by atoms with E-state index in [1.54, 1.807) is 0 Å². The highest BCUT2D eigenvalue weighted by Crippen LogP contribution is 2.65. The molecule has 1 aliphatic carbocycles. The SMILES string of the molecule is CC1(C)CC1(CO)c1ccccc1-c1ccccc1. The van der Waals surface area contributed by atoms with Crippen molar-refractivity contribution in [2.75, 3.05) is 6.61 Å². The molecule has 1 unspecified atom stereocenters. The van der Waals surface area contributed by atoms with Crippen LogP contribution in [0.5, 0.6) is 0 Å². The van der Waals surface area contributed by atoms with E-state index in [-0.39, 0.29) is 17.4 Å². The minimum absolute atomic E-state index is 0.0700. The fourth-order valence-electron chi connectivity index (χ4n) is 3.29. The van der Waals surface area contributed by atoms with Crippen LogP contribution in [-0.2, 0) is 5.41 Å². The molecular weight excluding hydrogens is 232 g/mol. The lowest BCUT2D eigenvalue weighted by Crippen LogP contribution is -2.20. The van der Waals surface area contributed by atoms with E-state index >= 15 is 0 Å². The van der Waals surface area contributed by atoms with Gasteiger partial charge in [-0.25, -0.2) is 0 Å². The van der Waals surface area contributed by atoms with Gasteiger partial charge in [-0.1, -0.05) is 68.4 Å². The summed E-state index contributed by atoms with van der Waals surface area (Å²) < 4.78 is 0. The van der Waals surface area contributed by atoms with Crippen molar-refractivity contribution < 1.29 is 5.11 Å². The maximum absolute atomic E-state index is 9.92. The van der Waals surface area contributed by atoms with E-state index < -0.39 is 0 Å².